The maximum atomic E-state index is 11.6. The molecular weight excluding hydrogens is 304 g/mol. The second-order valence-electron chi connectivity index (χ2n) is 8.65. The lowest BCUT2D eigenvalue weighted by Gasteiger charge is -2.53. The first-order valence-corrected chi connectivity index (χ1v) is 9.66. The van der Waals surface area contributed by atoms with E-state index in [4.69, 9.17) is 9.47 Å². The van der Waals surface area contributed by atoms with E-state index in [1.54, 1.807) is 0 Å². The molecule has 3 saturated carbocycles. The summed E-state index contributed by atoms with van der Waals surface area (Å²) in [5.74, 6) is 2.89. The number of hydrogen-bond donors (Lipinski definition) is 1. The largest absolute Gasteiger partial charge is 0.508 e. The standard InChI is InChI=1S/C20H30O4/c1-20-10-9-15-14-6-4-13(21)11-12(14)3-5-16(15)17(20)7-8-18(20)24-19(22)23-2/h11,13-18,21H,3-10H2,1-2H3/t13-,14-,15+,16+,17-,18-,20-/m0/s1. The molecule has 0 saturated heterocycles. The Hall–Kier alpha value is -1.03. The third kappa shape index (κ3) is 2.49. The molecule has 0 aromatic carbocycles. The van der Waals surface area contributed by atoms with E-state index < -0.39 is 6.16 Å². The zero-order valence-electron chi connectivity index (χ0n) is 14.9. The van der Waals surface area contributed by atoms with Gasteiger partial charge in [0.15, 0.2) is 0 Å². The summed E-state index contributed by atoms with van der Waals surface area (Å²) >= 11 is 0. The number of carbonyl (C=O) groups excluding carboxylic acids is 1. The van der Waals surface area contributed by atoms with Crippen molar-refractivity contribution >= 4 is 6.16 Å². The Morgan fingerprint density at radius 2 is 2.00 bits per heavy atom. The van der Waals surface area contributed by atoms with Gasteiger partial charge in [0, 0.05) is 5.41 Å². The van der Waals surface area contributed by atoms with Crippen LogP contribution in [-0.4, -0.2) is 30.6 Å². The van der Waals surface area contributed by atoms with Crippen molar-refractivity contribution in [3.8, 4) is 0 Å². The first-order chi connectivity index (χ1) is 11.5. The molecule has 0 bridgehead atoms. The molecule has 4 nitrogen and oxygen atoms in total. The molecule has 4 aliphatic rings. The van der Waals surface area contributed by atoms with Crippen molar-refractivity contribution in [3.05, 3.63) is 11.6 Å². The van der Waals surface area contributed by atoms with Crippen molar-refractivity contribution in [2.45, 2.75) is 70.5 Å². The highest BCUT2D eigenvalue weighted by Gasteiger charge is 2.57. The van der Waals surface area contributed by atoms with Gasteiger partial charge in [-0.25, -0.2) is 4.79 Å². The van der Waals surface area contributed by atoms with Gasteiger partial charge in [0.05, 0.1) is 13.2 Å². The third-order valence-electron chi connectivity index (χ3n) is 7.75. The summed E-state index contributed by atoms with van der Waals surface area (Å²) in [5.41, 5.74) is 1.64. The number of fused-ring (bicyclic) bond motifs is 5. The fourth-order valence-corrected chi connectivity index (χ4v) is 6.62. The fraction of sp³-hybridized carbons (Fsp3) is 0.850. The van der Waals surface area contributed by atoms with Gasteiger partial charge in [0.25, 0.3) is 0 Å². The Bertz CT molecular complexity index is 542. The monoisotopic (exact) mass is 334 g/mol. The van der Waals surface area contributed by atoms with Crippen LogP contribution in [0.5, 0.6) is 0 Å². The Labute approximate surface area is 144 Å². The maximum absolute atomic E-state index is 11.6. The molecule has 0 unspecified atom stereocenters. The normalized spacial score (nSPS) is 47.0. The van der Waals surface area contributed by atoms with E-state index in [1.807, 2.05) is 0 Å². The number of ether oxygens (including phenoxy) is 2. The minimum absolute atomic E-state index is 0.0148. The molecular formula is C20H30O4. The van der Waals surface area contributed by atoms with Gasteiger partial charge in [0.2, 0.25) is 0 Å². The summed E-state index contributed by atoms with van der Waals surface area (Å²) in [6, 6.07) is 0. The maximum Gasteiger partial charge on any atom is 0.508 e. The number of carbonyl (C=O) groups is 1. The van der Waals surface area contributed by atoms with Crippen LogP contribution in [0.4, 0.5) is 4.79 Å². The second-order valence-corrected chi connectivity index (χ2v) is 8.65. The number of aliphatic hydroxyl groups is 1. The topological polar surface area (TPSA) is 55.8 Å². The van der Waals surface area contributed by atoms with Crippen LogP contribution in [0.2, 0.25) is 0 Å². The zero-order chi connectivity index (χ0) is 16.9. The predicted octanol–water partition coefficient (Wildman–Crippen LogP) is 4.07. The van der Waals surface area contributed by atoms with Gasteiger partial charge in [-0.1, -0.05) is 18.6 Å². The van der Waals surface area contributed by atoms with Crippen molar-refractivity contribution in [2.24, 2.45) is 29.1 Å². The Balaban J connectivity index is 1.53. The molecule has 0 aromatic heterocycles. The van der Waals surface area contributed by atoms with Crippen LogP contribution < -0.4 is 0 Å². The third-order valence-corrected chi connectivity index (χ3v) is 7.75. The highest BCUT2D eigenvalue weighted by molar-refractivity contribution is 5.60. The number of aliphatic hydroxyl groups excluding tert-OH is 1. The van der Waals surface area contributed by atoms with Crippen molar-refractivity contribution in [1.82, 2.24) is 0 Å². The summed E-state index contributed by atoms with van der Waals surface area (Å²) in [7, 11) is 1.39. The second kappa shape index (κ2) is 6.05. The molecule has 4 aliphatic carbocycles. The number of allylic oxidation sites excluding steroid dienone is 1. The molecule has 0 spiro atoms. The quantitative estimate of drug-likeness (QED) is 0.580. The van der Waals surface area contributed by atoms with E-state index in [0.29, 0.717) is 11.8 Å². The molecule has 0 radical (unpaired) electrons. The highest BCUT2D eigenvalue weighted by Crippen LogP contribution is 2.62. The first kappa shape index (κ1) is 16.4. The summed E-state index contributed by atoms with van der Waals surface area (Å²) in [4.78, 5) is 11.6. The van der Waals surface area contributed by atoms with Gasteiger partial charge in [-0.3, -0.25) is 0 Å². The van der Waals surface area contributed by atoms with Crippen LogP contribution >= 0.6 is 0 Å². The molecule has 24 heavy (non-hydrogen) atoms. The highest BCUT2D eigenvalue weighted by atomic mass is 16.7. The predicted molar refractivity (Wildman–Crippen MR) is 90.4 cm³/mol. The molecule has 7 atom stereocenters. The van der Waals surface area contributed by atoms with Crippen LogP contribution in [0.25, 0.3) is 0 Å². The molecule has 1 N–H and O–H groups in total. The number of methoxy groups -OCH3 is 1. The average molecular weight is 334 g/mol. The van der Waals surface area contributed by atoms with E-state index >= 15 is 0 Å². The van der Waals surface area contributed by atoms with E-state index in [1.165, 1.54) is 31.9 Å². The summed E-state index contributed by atoms with van der Waals surface area (Å²) in [5, 5.41) is 9.94. The van der Waals surface area contributed by atoms with Crippen LogP contribution in [0.1, 0.15) is 58.3 Å². The minimum Gasteiger partial charge on any atom is -0.438 e. The number of rotatable bonds is 1. The van der Waals surface area contributed by atoms with Gasteiger partial charge in [-0.2, -0.15) is 0 Å². The minimum atomic E-state index is -0.529. The SMILES string of the molecule is COC(=O)O[C@H]1CC[C@H]2[C@@H]3CCC4=C[C@@H](O)CC[C@@H]4[C@H]3CC[C@]12C. The van der Waals surface area contributed by atoms with Crippen molar-refractivity contribution in [1.29, 1.82) is 0 Å². The van der Waals surface area contributed by atoms with Crippen molar-refractivity contribution in [3.63, 3.8) is 0 Å². The lowest BCUT2D eigenvalue weighted by atomic mass is 9.52. The van der Waals surface area contributed by atoms with Gasteiger partial charge in [-0.05, 0) is 75.0 Å². The van der Waals surface area contributed by atoms with Gasteiger partial charge < -0.3 is 14.6 Å². The lowest BCUT2D eigenvalue weighted by molar-refractivity contribution is -0.0709. The Morgan fingerprint density at radius 1 is 1.17 bits per heavy atom. The van der Waals surface area contributed by atoms with Gasteiger partial charge in [-0.15, -0.1) is 0 Å². The lowest BCUT2D eigenvalue weighted by Crippen LogP contribution is -2.48. The summed E-state index contributed by atoms with van der Waals surface area (Å²) < 4.78 is 10.4. The molecule has 0 heterocycles. The van der Waals surface area contributed by atoms with E-state index in [-0.39, 0.29) is 17.6 Å². The number of hydrogen-bond acceptors (Lipinski definition) is 4. The fourth-order valence-electron chi connectivity index (χ4n) is 6.62. The molecule has 4 rings (SSSR count). The van der Waals surface area contributed by atoms with E-state index in [2.05, 4.69) is 13.0 Å². The summed E-state index contributed by atoms with van der Waals surface area (Å²) in [6.45, 7) is 2.34. The first-order valence-electron chi connectivity index (χ1n) is 9.66. The van der Waals surface area contributed by atoms with Crippen molar-refractivity contribution in [2.75, 3.05) is 7.11 Å². The molecule has 134 valence electrons. The Morgan fingerprint density at radius 3 is 2.79 bits per heavy atom. The van der Waals surface area contributed by atoms with E-state index in [0.717, 1.165) is 43.9 Å². The van der Waals surface area contributed by atoms with Gasteiger partial charge in [0.1, 0.15) is 6.10 Å². The summed E-state index contributed by atoms with van der Waals surface area (Å²) in [6.07, 6.45) is 10.4. The Kier molecular flexibility index (Phi) is 4.14. The smallest absolute Gasteiger partial charge is 0.438 e. The van der Waals surface area contributed by atoms with Crippen LogP contribution in [0.3, 0.4) is 0 Å². The molecule has 0 aliphatic heterocycles. The van der Waals surface area contributed by atoms with E-state index in [9.17, 15) is 9.90 Å². The molecule has 3 fully saturated rings. The molecule has 0 amide bonds. The van der Waals surface area contributed by atoms with Crippen LogP contribution in [-0.2, 0) is 9.47 Å². The molecule has 0 aromatic rings. The zero-order valence-corrected chi connectivity index (χ0v) is 14.9. The van der Waals surface area contributed by atoms with Crippen molar-refractivity contribution < 1.29 is 19.4 Å². The van der Waals surface area contributed by atoms with Crippen LogP contribution in [0.15, 0.2) is 11.6 Å². The van der Waals surface area contributed by atoms with Gasteiger partial charge >= 0.3 is 6.16 Å². The molecule has 4 heteroatoms. The van der Waals surface area contributed by atoms with Crippen LogP contribution in [0, 0.1) is 29.1 Å². The average Bonchev–Trinajstić information content (AvgIpc) is 2.90.